The van der Waals surface area contributed by atoms with E-state index in [-0.39, 0.29) is 19.1 Å². The number of hydrogen-bond donors (Lipinski definition) is 1. The highest BCUT2D eigenvalue weighted by molar-refractivity contribution is 7.09. The number of esters is 1. The van der Waals surface area contributed by atoms with Gasteiger partial charge in [0.15, 0.2) is 0 Å². The molecule has 0 atom stereocenters. The Hall–Kier alpha value is -1.92. The summed E-state index contributed by atoms with van der Waals surface area (Å²) in [7, 11) is 0. The summed E-state index contributed by atoms with van der Waals surface area (Å²) in [5.41, 5.74) is 1.14. The van der Waals surface area contributed by atoms with Gasteiger partial charge in [0.05, 0.1) is 10.7 Å². The van der Waals surface area contributed by atoms with Crippen LogP contribution in [0.3, 0.4) is 0 Å². The van der Waals surface area contributed by atoms with Crippen molar-refractivity contribution in [1.82, 2.24) is 10.3 Å². The van der Waals surface area contributed by atoms with Gasteiger partial charge in [-0.15, -0.1) is 11.3 Å². The standard InChI is InChI=1S/C14H13ClN2O3S/c1-9-17-12(8-21-9)7-20-13(18)6-16-14(19)10-2-4-11(15)5-3-10/h2-5,8H,6-7H2,1H3,(H,16,19). The summed E-state index contributed by atoms with van der Waals surface area (Å²) in [4.78, 5) is 27.5. The molecule has 110 valence electrons. The second kappa shape index (κ2) is 7.19. The van der Waals surface area contributed by atoms with E-state index in [2.05, 4.69) is 10.3 Å². The molecule has 0 saturated heterocycles. The number of benzene rings is 1. The Morgan fingerprint density at radius 3 is 2.67 bits per heavy atom. The molecule has 0 aliphatic rings. The number of aryl methyl sites for hydroxylation is 1. The van der Waals surface area contributed by atoms with E-state index in [0.717, 1.165) is 5.01 Å². The summed E-state index contributed by atoms with van der Waals surface area (Å²) < 4.78 is 5.02. The number of nitrogens with one attached hydrogen (secondary N) is 1. The number of amides is 1. The van der Waals surface area contributed by atoms with Crippen molar-refractivity contribution < 1.29 is 14.3 Å². The Bertz CT molecular complexity index is 640. The van der Waals surface area contributed by atoms with E-state index in [1.165, 1.54) is 11.3 Å². The fraction of sp³-hybridized carbons (Fsp3) is 0.214. The van der Waals surface area contributed by atoms with Crippen LogP contribution in [0.15, 0.2) is 29.6 Å². The lowest BCUT2D eigenvalue weighted by atomic mass is 10.2. The molecule has 5 nitrogen and oxygen atoms in total. The number of ether oxygens (including phenoxy) is 1. The van der Waals surface area contributed by atoms with Crippen molar-refractivity contribution in [3.05, 3.63) is 50.9 Å². The van der Waals surface area contributed by atoms with Crippen molar-refractivity contribution in [2.75, 3.05) is 6.54 Å². The monoisotopic (exact) mass is 324 g/mol. The fourth-order valence-electron chi connectivity index (χ4n) is 1.54. The number of carbonyl (C=O) groups excluding carboxylic acids is 2. The maximum absolute atomic E-state index is 11.8. The number of nitrogens with zero attached hydrogens (tertiary/aromatic N) is 1. The molecule has 21 heavy (non-hydrogen) atoms. The lowest BCUT2D eigenvalue weighted by Gasteiger charge is -2.05. The normalized spacial score (nSPS) is 10.2. The molecule has 7 heteroatoms. The first kappa shape index (κ1) is 15.5. The van der Waals surface area contributed by atoms with Gasteiger partial charge >= 0.3 is 5.97 Å². The van der Waals surface area contributed by atoms with E-state index < -0.39 is 5.97 Å². The summed E-state index contributed by atoms with van der Waals surface area (Å²) in [6.07, 6.45) is 0. The van der Waals surface area contributed by atoms with Gasteiger partial charge in [-0.25, -0.2) is 4.98 Å². The topological polar surface area (TPSA) is 68.3 Å². The Kier molecular flexibility index (Phi) is 5.30. The van der Waals surface area contributed by atoms with E-state index >= 15 is 0 Å². The van der Waals surface area contributed by atoms with Gasteiger partial charge in [0.1, 0.15) is 13.2 Å². The number of halogens is 1. The number of aromatic nitrogens is 1. The largest absolute Gasteiger partial charge is 0.458 e. The second-order valence-corrected chi connectivity index (χ2v) is 5.71. The van der Waals surface area contributed by atoms with Crippen LogP contribution < -0.4 is 5.32 Å². The molecular weight excluding hydrogens is 312 g/mol. The average Bonchev–Trinajstić information content (AvgIpc) is 2.89. The lowest BCUT2D eigenvalue weighted by molar-refractivity contribution is -0.143. The van der Waals surface area contributed by atoms with Gasteiger partial charge in [-0.05, 0) is 31.2 Å². The van der Waals surface area contributed by atoms with Crippen molar-refractivity contribution in [3.8, 4) is 0 Å². The first-order chi connectivity index (χ1) is 10.0. The van der Waals surface area contributed by atoms with E-state index in [0.29, 0.717) is 16.3 Å². The van der Waals surface area contributed by atoms with Gasteiger partial charge in [-0.1, -0.05) is 11.6 Å². The van der Waals surface area contributed by atoms with Crippen molar-refractivity contribution in [2.45, 2.75) is 13.5 Å². The molecule has 1 aromatic carbocycles. The fourth-order valence-corrected chi connectivity index (χ4v) is 2.26. The maximum atomic E-state index is 11.8. The van der Waals surface area contributed by atoms with Crippen molar-refractivity contribution >= 4 is 34.8 Å². The van der Waals surface area contributed by atoms with E-state index in [9.17, 15) is 9.59 Å². The third-order valence-corrected chi connectivity index (χ3v) is 3.62. The highest BCUT2D eigenvalue weighted by Gasteiger charge is 2.09. The molecular formula is C14H13ClN2O3S. The molecule has 0 unspecified atom stereocenters. The maximum Gasteiger partial charge on any atom is 0.325 e. The smallest absolute Gasteiger partial charge is 0.325 e. The molecule has 2 aromatic rings. The van der Waals surface area contributed by atoms with Gasteiger partial charge < -0.3 is 10.1 Å². The SMILES string of the molecule is Cc1nc(COC(=O)CNC(=O)c2ccc(Cl)cc2)cs1. The minimum Gasteiger partial charge on any atom is -0.458 e. The molecule has 1 amide bonds. The molecule has 0 aliphatic heterocycles. The Balaban J connectivity index is 1.75. The quantitative estimate of drug-likeness (QED) is 0.858. The molecule has 0 saturated carbocycles. The van der Waals surface area contributed by atoms with Gasteiger partial charge in [0, 0.05) is 16.0 Å². The first-order valence-corrected chi connectivity index (χ1v) is 7.41. The Labute approximate surface area is 130 Å². The average molecular weight is 325 g/mol. The molecule has 0 spiro atoms. The minimum atomic E-state index is -0.511. The number of rotatable bonds is 5. The van der Waals surface area contributed by atoms with Crippen molar-refractivity contribution in [3.63, 3.8) is 0 Å². The zero-order chi connectivity index (χ0) is 15.2. The van der Waals surface area contributed by atoms with Gasteiger partial charge in [0.25, 0.3) is 5.91 Å². The van der Waals surface area contributed by atoms with Gasteiger partial charge in [0.2, 0.25) is 0 Å². The van der Waals surface area contributed by atoms with Crippen LogP contribution in [0.5, 0.6) is 0 Å². The minimum absolute atomic E-state index is 0.111. The zero-order valence-electron chi connectivity index (χ0n) is 11.3. The van der Waals surface area contributed by atoms with Crippen LogP contribution in [0.4, 0.5) is 0 Å². The molecule has 1 aromatic heterocycles. The molecule has 1 heterocycles. The number of thiazole rings is 1. The van der Waals surface area contributed by atoms with Crippen LogP contribution >= 0.6 is 22.9 Å². The van der Waals surface area contributed by atoms with Crippen molar-refractivity contribution in [1.29, 1.82) is 0 Å². The summed E-state index contributed by atoms with van der Waals surface area (Å²) in [5.74, 6) is -0.865. The molecule has 2 rings (SSSR count). The summed E-state index contributed by atoms with van der Waals surface area (Å²) in [5, 5.41) is 5.77. The third-order valence-electron chi connectivity index (χ3n) is 2.55. The van der Waals surface area contributed by atoms with Crippen LogP contribution in [0.25, 0.3) is 0 Å². The summed E-state index contributed by atoms with van der Waals surface area (Å²) >= 11 is 7.22. The molecule has 0 bridgehead atoms. The van der Waals surface area contributed by atoms with Gasteiger partial charge in [-0.2, -0.15) is 0 Å². The third kappa shape index (κ3) is 4.84. The Morgan fingerprint density at radius 1 is 1.33 bits per heavy atom. The van der Waals surface area contributed by atoms with E-state index in [4.69, 9.17) is 16.3 Å². The number of hydrogen-bond acceptors (Lipinski definition) is 5. The first-order valence-electron chi connectivity index (χ1n) is 6.15. The molecule has 0 radical (unpaired) electrons. The highest BCUT2D eigenvalue weighted by atomic mass is 35.5. The van der Waals surface area contributed by atoms with Crippen LogP contribution in [-0.4, -0.2) is 23.4 Å². The summed E-state index contributed by atoms with van der Waals surface area (Å²) in [6, 6.07) is 6.39. The van der Waals surface area contributed by atoms with Gasteiger partial charge in [-0.3, -0.25) is 9.59 Å². The molecule has 1 N–H and O–H groups in total. The number of carbonyl (C=O) groups is 2. The second-order valence-electron chi connectivity index (χ2n) is 4.21. The predicted octanol–water partition coefficient (Wildman–Crippen LogP) is 2.58. The summed E-state index contributed by atoms with van der Waals surface area (Å²) in [6.45, 7) is 1.80. The van der Waals surface area contributed by atoms with Crippen molar-refractivity contribution in [2.24, 2.45) is 0 Å². The van der Waals surface area contributed by atoms with Crippen LogP contribution in [0, 0.1) is 6.92 Å². The predicted molar refractivity (Wildman–Crippen MR) is 80.4 cm³/mol. The molecule has 0 fully saturated rings. The zero-order valence-corrected chi connectivity index (χ0v) is 12.8. The van der Waals surface area contributed by atoms with Crippen LogP contribution in [0.1, 0.15) is 21.1 Å². The molecule has 0 aliphatic carbocycles. The highest BCUT2D eigenvalue weighted by Crippen LogP contribution is 2.10. The van der Waals surface area contributed by atoms with E-state index in [1.54, 1.807) is 24.3 Å². The lowest BCUT2D eigenvalue weighted by Crippen LogP contribution is -2.30. The van der Waals surface area contributed by atoms with Crippen LogP contribution in [0.2, 0.25) is 5.02 Å². The Morgan fingerprint density at radius 2 is 2.05 bits per heavy atom. The van der Waals surface area contributed by atoms with Crippen LogP contribution in [-0.2, 0) is 16.1 Å². The van der Waals surface area contributed by atoms with E-state index in [1.807, 2.05) is 12.3 Å².